The van der Waals surface area contributed by atoms with E-state index in [1.54, 1.807) is 4.57 Å². The number of rotatable bonds is 2. The molecular formula is C19H16N4O2. The molecule has 6 nitrogen and oxygen atoms in total. The summed E-state index contributed by atoms with van der Waals surface area (Å²) in [6.45, 7) is 0. The highest BCUT2D eigenvalue weighted by atomic mass is 16.3. The highest BCUT2D eigenvalue weighted by Crippen LogP contribution is 2.30. The van der Waals surface area contributed by atoms with Crippen molar-refractivity contribution < 1.29 is 5.11 Å². The van der Waals surface area contributed by atoms with E-state index in [1.165, 1.54) is 12.3 Å². The summed E-state index contributed by atoms with van der Waals surface area (Å²) in [6.07, 6.45) is 3.18. The summed E-state index contributed by atoms with van der Waals surface area (Å²) in [6, 6.07) is 15.0. The second-order valence-electron chi connectivity index (χ2n) is 5.87. The van der Waals surface area contributed by atoms with Crippen LogP contribution in [0, 0.1) is 0 Å². The number of hydrogen-bond donors (Lipinski definition) is 2. The van der Waals surface area contributed by atoms with E-state index in [4.69, 9.17) is 5.73 Å². The summed E-state index contributed by atoms with van der Waals surface area (Å²) >= 11 is 0. The molecule has 0 spiro atoms. The van der Waals surface area contributed by atoms with Crippen LogP contribution in [-0.2, 0) is 7.05 Å². The first-order valence-electron chi connectivity index (χ1n) is 7.77. The van der Waals surface area contributed by atoms with Gasteiger partial charge in [-0.2, -0.15) is 5.10 Å². The highest BCUT2D eigenvalue weighted by molar-refractivity contribution is 5.94. The summed E-state index contributed by atoms with van der Waals surface area (Å²) in [4.78, 5) is 11.5. The smallest absolute Gasteiger partial charge is 0.225 e. The van der Waals surface area contributed by atoms with Crippen LogP contribution in [0.1, 0.15) is 0 Å². The number of nitrogens with zero attached hydrogens (tertiary/aromatic N) is 3. The first kappa shape index (κ1) is 15.0. The van der Waals surface area contributed by atoms with Gasteiger partial charge in [0.2, 0.25) is 5.43 Å². The lowest BCUT2D eigenvalue weighted by molar-refractivity contribution is 0.466. The fourth-order valence-electron chi connectivity index (χ4n) is 3.01. The molecule has 124 valence electrons. The standard InChI is InChI=1S/C19H16N4O2/c1-22-16-7-3-6-14(15(16)10-21-22)12-4-2-5-13(8-12)23-11-18(25)17(24)9-19(23)20/h2-11,25H,20H2,1H3. The molecule has 4 aromatic rings. The number of anilines is 1. The van der Waals surface area contributed by atoms with Gasteiger partial charge < -0.3 is 10.8 Å². The van der Waals surface area contributed by atoms with E-state index >= 15 is 0 Å². The zero-order valence-electron chi connectivity index (χ0n) is 13.5. The Morgan fingerprint density at radius 2 is 1.92 bits per heavy atom. The van der Waals surface area contributed by atoms with Crippen molar-refractivity contribution in [3.05, 3.63) is 71.1 Å². The van der Waals surface area contributed by atoms with Crippen LogP contribution in [0.15, 0.2) is 65.7 Å². The number of fused-ring (bicyclic) bond motifs is 1. The van der Waals surface area contributed by atoms with Crippen LogP contribution in [0.3, 0.4) is 0 Å². The molecule has 0 aliphatic carbocycles. The molecule has 0 aliphatic rings. The lowest BCUT2D eigenvalue weighted by Gasteiger charge is -2.12. The average molecular weight is 332 g/mol. The van der Waals surface area contributed by atoms with Crippen molar-refractivity contribution in [1.82, 2.24) is 14.3 Å². The molecule has 3 N–H and O–H groups in total. The molecule has 0 amide bonds. The van der Waals surface area contributed by atoms with Gasteiger partial charge >= 0.3 is 0 Å². The summed E-state index contributed by atoms with van der Waals surface area (Å²) in [5.41, 5.74) is 9.29. The Labute approximate surface area is 143 Å². The zero-order valence-corrected chi connectivity index (χ0v) is 13.5. The Hall–Kier alpha value is -3.54. The lowest BCUT2D eigenvalue weighted by Crippen LogP contribution is -2.10. The quantitative estimate of drug-likeness (QED) is 0.591. The molecule has 2 aromatic heterocycles. The van der Waals surface area contributed by atoms with Gasteiger partial charge in [-0.25, -0.2) is 0 Å². The van der Waals surface area contributed by atoms with E-state index in [0.29, 0.717) is 0 Å². The average Bonchev–Trinajstić information content (AvgIpc) is 3.00. The van der Waals surface area contributed by atoms with E-state index < -0.39 is 5.43 Å². The molecule has 0 radical (unpaired) electrons. The molecular weight excluding hydrogens is 316 g/mol. The summed E-state index contributed by atoms with van der Waals surface area (Å²) in [5.74, 6) is -0.0755. The van der Waals surface area contributed by atoms with Crippen molar-refractivity contribution in [2.75, 3.05) is 5.73 Å². The van der Waals surface area contributed by atoms with Crippen LogP contribution >= 0.6 is 0 Å². The van der Waals surface area contributed by atoms with Crippen LogP contribution in [0.4, 0.5) is 5.82 Å². The third-order valence-corrected chi connectivity index (χ3v) is 4.29. The SMILES string of the molecule is Cn1ncc2c(-c3cccc(-n4cc(O)c(=O)cc4N)c3)cccc21. The van der Waals surface area contributed by atoms with Crippen molar-refractivity contribution in [3.8, 4) is 22.6 Å². The Bertz CT molecular complexity index is 1160. The molecule has 4 rings (SSSR count). The lowest BCUT2D eigenvalue weighted by atomic mass is 10.0. The van der Waals surface area contributed by atoms with Crippen molar-refractivity contribution in [2.45, 2.75) is 0 Å². The van der Waals surface area contributed by atoms with Crippen molar-refractivity contribution in [2.24, 2.45) is 7.05 Å². The minimum atomic E-state index is -0.495. The van der Waals surface area contributed by atoms with Crippen molar-refractivity contribution in [1.29, 1.82) is 0 Å². The first-order valence-corrected chi connectivity index (χ1v) is 7.77. The Balaban J connectivity index is 1.90. The van der Waals surface area contributed by atoms with E-state index in [2.05, 4.69) is 5.10 Å². The molecule has 0 fully saturated rings. The molecule has 2 heterocycles. The maximum Gasteiger partial charge on any atom is 0.225 e. The molecule has 25 heavy (non-hydrogen) atoms. The van der Waals surface area contributed by atoms with Crippen molar-refractivity contribution in [3.63, 3.8) is 0 Å². The molecule has 0 aliphatic heterocycles. The van der Waals surface area contributed by atoms with Gasteiger partial charge in [-0.05, 0) is 29.3 Å². The molecule has 2 aromatic carbocycles. The Morgan fingerprint density at radius 3 is 2.76 bits per heavy atom. The van der Waals surface area contributed by atoms with Gasteiger partial charge in [0.25, 0.3) is 0 Å². The fourth-order valence-corrected chi connectivity index (χ4v) is 3.01. The molecule has 0 unspecified atom stereocenters. The van der Waals surface area contributed by atoms with Gasteiger partial charge in [-0.15, -0.1) is 0 Å². The number of nitrogen functional groups attached to an aromatic ring is 1. The summed E-state index contributed by atoms with van der Waals surface area (Å²) in [7, 11) is 1.91. The van der Waals surface area contributed by atoms with Crippen LogP contribution < -0.4 is 11.2 Å². The predicted octanol–water partition coefficient (Wildman–Crippen LogP) is 2.68. The number of aromatic hydroxyl groups is 1. The number of benzene rings is 2. The third-order valence-electron chi connectivity index (χ3n) is 4.29. The van der Waals surface area contributed by atoms with Gasteiger partial charge in [0.15, 0.2) is 5.75 Å². The molecule has 0 bridgehead atoms. The van der Waals surface area contributed by atoms with Gasteiger partial charge in [0, 0.05) is 24.2 Å². The Morgan fingerprint density at radius 1 is 1.12 bits per heavy atom. The number of aromatic nitrogens is 3. The molecule has 0 saturated heterocycles. The van der Waals surface area contributed by atoms with Crippen molar-refractivity contribution >= 4 is 16.7 Å². The predicted molar refractivity (Wildman–Crippen MR) is 97.8 cm³/mol. The largest absolute Gasteiger partial charge is 0.503 e. The minimum absolute atomic E-state index is 0.263. The van der Waals surface area contributed by atoms with Crippen LogP contribution in [0.5, 0.6) is 5.75 Å². The second-order valence-corrected chi connectivity index (χ2v) is 5.87. The van der Waals surface area contributed by atoms with Gasteiger partial charge in [0.05, 0.1) is 17.9 Å². The van der Waals surface area contributed by atoms with Gasteiger partial charge in [-0.1, -0.05) is 24.3 Å². The maximum atomic E-state index is 11.5. The first-order chi connectivity index (χ1) is 12.0. The summed E-state index contributed by atoms with van der Waals surface area (Å²) in [5, 5.41) is 15.1. The number of hydrogen-bond acceptors (Lipinski definition) is 4. The minimum Gasteiger partial charge on any atom is -0.503 e. The molecule has 0 saturated carbocycles. The topological polar surface area (TPSA) is 86.1 Å². The van der Waals surface area contributed by atoms with E-state index in [1.807, 2.05) is 60.4 Å². The molecule has 6 heteroatoms. The Kier molecular flexibility index (Phi) is 3.32. The van der Waals surface area contributed by atoms with E-state index in [9.17, 15) is 9.90 Å². The van der Waals surface area contributed by atoms with Crippen LogP contribution in [0.2, 0.25) is 0 Å². The van der Waals surface area contributed by atoms with Crippen LogP contribution in [-0.4, -0.2) is 19.5 Å². The van der Waals surface area contributed by atoms with Gasteiger partial charge in [-0.3, -0.25) is 14.0 Å². The molecule has 0 atom stereocenters. The summed E-state index contributed by atoms with van der Waals surface area (Å²) < 4.78 is 3.42. The highest BCUT2D eigenvalue weighted by Gasteiger charge is 2.10. The van der Waals surface area contributed by atoms with E-state index in [-0.39, 0.29) is 11.6 Å². The number of nitrogens with two attached hydrogens (primary N) is 1. The second kappa shape index (κ2) is 5.52. The monoisotopic (exact) mass is 332 g/mol. The normalized spacial score (nSPS) is 11.1. The van der Waals surface area contributed by atoms with Gasteiger partial charge in [0.1, 0.15) is 5.82 Å². The number of aryl methyl sites for hydroxylation is 1. The third kappa shape index (κ3) is 2.44. The maximum absolute atomic E-state index is 11.5. The van der Waals surface area contributed by atoms with Crippen LogP contribution in [0.25, 0.3) is 27.7 Å². The van der Waals surface area contributed by atoms with E-state index in [0.717, 1.165) is 27.7 Å². The number of pyridine rings is 1. The zero-order chi connectivity index (χ0) is 17.6. The fraction of sp³-hybridized carbons (Fsp3) is 0.0526.